The van der Waals surface area contributed by atoms with Gasteiger partial charge in [0.15, 0.2) is 5.96 Å². The van der Waals surface area contributed by atoms with Gasteiger partial charge in [-0.05, 0) is 36.6 Å². The Morgan fingerprint density at radius 3 is 2.76 bits per heavy atom. The lowest BCUT2D eigenvalue weighted by atomic mass is 10.2. The van der Waals surface area contributed by atoms with E-state index in [1.54, 1.807) is 29.7 Å². The minimum absolute atomic E-state index is 0. The molecule has 29 heavy (non-hydrogen) atoms. The first-order valence-corrected chi connectivity index (χ1v) is 9.95. The van der Waals surface area contributed by atoms with Gasteiger partial charge in [0.2, 0.25) is 5.91 Å². The molecule has 156 valence electrons. The number of aliphatic imine (C=N–C) groups is 1. The number of hydrogen-bond donors (Lipinski definition) is 4. The Balaban J connectivity index is 0.00000300. The number of nitrogens with one attached hydrogen (secondary N) is 3. The van der Waals surface area contributed by atoms with Crippen LogP contribution in [-0.2, 0) is 11.3 Å². The number of carbonyl (C=O) groups excluding carboxylic acids is 1. The van der Waals surface area contributed by atoms with E-state index in [0.717, 1.165) is 15.0 Å². The van der Waals surface area contributed by atoms with Gasteiger partial charge in [-0.3, -0.25) is 4.79 Å². The van der Waals surface area contributed by atoms with Crippen LogP contribution in [0.2, 0.25) is 0 Å². The number of rotatable bonds is 8. The van der Waals surface area contributed by atoms with Crippen molar-refractivity contribution in [3.8, 4) is 0 Å². The molecule has 7 nitrogen and oxygen atoms in total. The van der Waals surface area contributed by atoms with Crippen LogP contribution in [0.5, 0.6) is 0 Å². The van der Waals surface area contributed by atoms with Crippen molar-refractivity contribution in [3.05, 3.63) is 59.4 Å². The first-order valence-electron chi connectivity index (χ1n) is 9.13. The lowest BCUT2D eigenvalue weighted by Crippen LogP contribution is -2.40. The molecule has 1 amide bonds. The molecule has 0 saturated heterocycles. The number of thiophene rings is 1. The van der Waals surface area contributed by atoms with Crippen molar-refractivity contribution in [2.75, 3.05) is 19.6 Å². The average molecular weight is 528 g/mol. The maximum Gasteiger partial charge on any atom is 0.242 e. The van der Waals surface area contributed by atoms with E-state index in [0.29, 0.717) is 31.4 Å². The molecule has 3 aromatic rings. The zero-order valence-electron chi connectivity index (χ0n) is 16.1. The molecule has 0 fully saturated rings. The molecule has 2 aromatic heterocycles. The zero-order chi connectivity index (χ0) is 19.8. The summed E-state index contributed by atoms with van der Waals surface area (Å²) in [6.45, 7) is 3.20. The highest BCUT2D eigenvalue weighted by Gasteiger charge is 2.12. The molecule has 0 aliphatic heterocycles. The Bertz CT molecular complexity index is 894. The van der Waals surface area contributed by atoms with Gasteiger partial charge in [0.05, 0.1) is 12.8 Å². The van der Waals surface area contributed by atoms with Gasteiger partial charge in [-0.15, -0.1) is 35.3 Å². The van der Waals surface area contributed by atoms with E-state index in [2.05, 4.69) is 20.9 Å². The predicted molar refractivity (Wildman–Crippen MR) is 127 cm³/mol. The van der Waals surface area contributed by atoms with Gasteiger partial charge >= 0.3 is 0 Å². The third kappa shape index (κ3) is 7.02. The largest absolute Gasteiger partial charge is 0.467 e. The fourth-order valence-electron chi connectivity index (χ4n) is 2.61. The molecule has 0 spiro atoms. The van der Waals surface area contributed by atoms with E-state index in [1.807, 2.05) is 37.3 Å². The molecule has 1 atom stereocenters. The summed E-state index contributed by atoms with van der Waals surface area (Å²) in [6.07, 6.45) is 0.906. The quantitative estimate of drug-likeness (QED) is 0.205. The van der Waals surface area contributed by atoms with E-state index < -0.39 is 6.10 Å². The van der Waals surface area contributed by atoms with E-state index in [9.17, 15) is 9.90 Å². The number of halogens is 1. The Hall–Kier alpha value is -2.11. The number of furan rings is 1. The Morgan fingerprint density at radius 2 is 2.03 bits per heavy atom. The van der Waals surface area contributed by atoms with Crippen LogP contribution in [0, 0.1) is 0 Å². The van der Waals surface area contributed by atoms with Crippen molar-refractivity contribution < 1.29 is 14.3 Å². The summed E-state index contributed by atoms with van der Waals surface area (Å²) in [4.78, 5) is 17.1. The molecule has 1 unspecified atom stereocenters. The Labute approximate surface area is 190 Å². The number of aliphatic hydroxyl groups excluding tert-OH is 1. The number of guanidine groups is 1. The van der Waals surface area contributed by atoms with Crippen LogP contribution in [0.25, 0.3) is 10.1 Å². The summed E-state index contributed by atoms with van der Waals surface area (Å²) >= 11 is 1.57. The number of aliphatic hydroxyl groups is 1. The van der Waals surface area contributed by atoms with Gasteiger partial charge in [-0.1, -0.05) is 18.2 Å². The van der Waals surface area contributed by atoms with Gasteiger partial charge in [0, 0.05) is 22.7 Å². The second-order valence-corrected chi connectivity index (χ2v) is 7.25. The monoisotopic (exact) mass is 528 g/mol. The molecule has 4 N–H and O–H groups in total. The van der Waals surface area contributed by atoms with Crippen LogP contribution in [0.4, 0.5) is 0 Å². The van der Waals surface area contributed by atoms with Crippen LogP contribution >= 0.6 is 35.3 Å². The molecule has 1 aromatic carbocycles. The number of amides is 1. The molecule has 0 aliphatic rings. The van der Waals surface area contributed by atoms with Crippen LogP contribution in [0.15, 0.2) is 58.1 Å². The minimum Gasteiger partial charge on any atom is -0.467 e. The second kappa shape index (κ2) is 11.8. The smallest absolute Gasteiger partial charge is 0.242 e. The van der Waals surface area contributed by atoms with Crippen molar-refractivity contribution in [1.82, 2.24) is 16.0 Å². The van der Waals surface area contributed by atoms with E-state index in [4.69, 9.17) is 4.42 Å². The van der Waals surface area contributed by atoms with Crippen LogP contribution in [0.3, 0.4) is 0 Å². The highest BCUT2D eigenvalue weighted by molar-refractivity contribution is 14.0. The van der Waals surface area contributed by atoms with Crippen LogP contribution in [-0.4, -0.2) is 36.6 Å². The highest BCUT2D eigenvalue weighted by atomic mass is 127. The molecule has 0 aliphatic carbocycles. The number of fused-ring (bicyclic) bond motifs is 1. The standard InChI is InChI=1S/C20H24N4O3S.HI/c1-2-21-20(24-13-19(26)22-11-15-7-5-9-27-15)23-12-16(25)18-10-14-6-3-4-8-17(14)28-18;/h3-10,16,25H,2,11-13H2,1H3,(H,22,26)(H2,21,23,24);1H. The predicted octanol–water partition coefficient (Wildman–Crippen LogP) is 3.02. The summed E-state index contributed by atoms with van der Waals surface area (Å²) in [7, 11) is 0. The first-order chi connectivity index (χ1) is 13.7. The third-order valence-corrected chi connectivity index (χ3v) is 5.22. The zero-order valence-corrected chi connectivity index (χ0v) is 19.2. The lowest BCUT2D eigenvalue weighted by molar-refractivity contribution is -0.119. The molecule has 3 rings (SSSR count). The normalized spacial score (nSPS) is 12.3. The van der Waals surface area contributed by atoms with Gasteiger partial charge in [0.1, 0.15) is 18.4 Å². The van der Waals surface area contributed by atoms with Gasteiger partial charge in [-0.2, -0.15) is 0 Å². The van der Waals surface area contributed by atoms with Crippen molar-refractivity contribution >= 4 is 57.3 Å². The average Bonchev–Trinajstić information content (AvgIpc) is 3.37. The molecule has 0 bridgehead atoms. The first kappa shape index (κ1) is 23.2. The minimum atomic E-state index is -0.658. The van der Waals surface area contributed by atoms with Crippen molar-refractivity contribution in [2.45, 2.75) is 19.6 Å². The molecule has 9 heteroatoms. The van der Waals surface area contributed by atoms with E-state index >= 15 is 0 Å². The van der Waals surface area contributed by atoms with Crippen LogP contribution in [0.1, 0.15) is 23.7 Å². The lowest BCUT2D eigenvalue weighted by Gasteiger charge is -2.14. The summed E-state index contributed by atoms with van der Waals surface area (Å²) in [5.74, 6) is 0.961. The summed E-state index contributed by atoms with van der Waals surface area (Å²) in [5.41, 5.74) is 0. The van der Waals surface area contributed by atoms with E-state index in [1.165, 1.54) is 0 Å². The maximum absolute atomic E-state index is 11.9. The topological polar surface area (TPSA) is 98.9 Å². The fraction of sp³-hybridized carbons (Fsp3) is 0.300. The van der Waals surface area contributed by atoms with Gasteiger partial charge < -0.3 is 25.5 Å². The molecule has 0 radical (unpaired) electrons. The molecule has 0 saturated carbocycles. The third-order valence-electron chi connectivity index (χ3n) is 4.00. The van der Waals surface area contributed by atoms with E-state index in [-0.39, 0.29) is 36.4 Å². The second-order valence-electron chi connectivity index (χ2n) is 6.13. The SMILES string of the molecule is CCNC(=NCC(=O)NCc1ccco1)NCC(O)c1cc2ccccc2s1.I. The molecular formula is C20H25IN4O3S. The number of nitrogens with zero attached hydrogens (tertiary/aromatic N) is 1. The van der Waals surface area contributed by atoms with Crippen molar-refractivity contribution in [3.63, 3.8) is 0 Å². The Kier molecular flexibility index (Phi) is 9.42. The van der Waals surface area contributed by atoms with Crippen molar-refractivity contribution in [1.29, 1.82) is 0 Å². The summed E-state index contributed by atoms with van der Waals surface area (Å²) < 4.78 is 6.32. The molecule has 2 heterocycles. The summed E-state index contributed by atoms with van der Waals surface area (Å²) in [5, 5.41) is 20.5. The maximum atomic E-state index is 11.9. The summed E-state index contributed by atoms with van der Waals surface area (Å²) in [6, 6.07) is 13.6. The Morgan fingerprint density at radius 1 is 1.21 bits per heavy atom. The van der Waals surface area contributed by atoms with Crippen LogP contribution < -0.4 is 16.0 Å². The highest BCUT2D eigenvalue weighted by Crippen LogP contribution is 2.29. The number of benzene rings is 1. The van der Waals surface area contributed by atoms with Crippen molar-refractivity contribution in [2.24, 2.45) is 4.99 Å². The number of hydrogen-bond acceptors (Lipinski definition) is 5. The molecular weight excluding hydrogens is 503 g/mol. The van der Waals surface area contributed by atoms with Gasteiger partial charge in [0.25, 0.3) is 0 Å². The number of carbonyl (C=O) groups is 1. The van der Waals surface area contributed by atoms with Gasteiger partial charge in [-0.25, -0.2) is 4.99 Å². The fourth-order valence-corrected chi connectivity index (χ4v) is 3.66.